The number of amides is 1. The highest BCUT2D eigenvalue weighted by Gasteiger charge is 2.21. The topological polar surface area (TPSA) is 36.1 Å². The van der Waals surface area contributed by atoms with E-state index in [4.69, 9.17) is 0 Å². The van der Waals surface area contributed by atoms with Crippen LogP contribution < -0.4 is 0 Å². The van der Waals surface area contributed by atoms with Crippen molar-refractivity contribution in [3.8, 4) is 0 Å². The number of rotatable bonds is 3. The second-order valence-corrected chi connectivity index (χ2v) is 6.39. The van der Waals surface area contributed by atoms with Crippen molar-refractivity contribution in [1.82, 2.24) is 9.88 Å². The third-order valence-electron chi connectivity index (χ3n) is 3.33. The lowest BCUT2D eigenvalue weighted by atomic mass is 10.2. The lowest BCUT2D eigenvalue weighted by Crippen LogP contribution is -2.29. The summed E-state index contributed by atoms with van der Waals surface area (Å²) in [6.07, 6.45) is 0. The number of nitrogens with one attached hydrogen (secondary N) is 1. The van der Waals surface area contributed by atoms with Gasteiger partial charge in [0, 0.05) is 17.3 Å². The van der Waals surface area contributed by atoms with E-state index in [0.29, 0.717) is 5.69 Å². The van der Waals surface area contributed by atoms with E-state index in [1.807, 2.05) is 36.0 Å². The van der Waals surface area contributed by atoms with E-state index >= 15 is 0 Å². The molecular formula is C14H14N2OS2. The standard InChI is InChI=1S/C14H14N2OS2/c1-9(12-4-3-6-18-12)16(2)14(17)11-8-10-5-7-19-13(10)15-11/h3-9,15H,1-2H3/t9-/m1/s1. The molecule has 0 spiro atoms. The molecule has 98 valence electrons. The second kappa shape index (κ2) is 4.83. The third-order valence-corrected chi connectivity index (χ3v) is 5.22. The van der Waals surface area contributed by atoms with Crippen molar-refractivity contribution in [2.45, 2.75) is 13.0 Å². The lowest BCUT2D eigenvalue weighted by Gasteiger charge is -2.23. The molecule has 0 aliphatic rings. The SMILES string of the molecule is C[C@H](c1cccs1)N(C)C(=O)c1cc2ccsc2[nH]1. The lowest BCUT2D eigenvalue weighted by molar-refractivity contribution is 0.0740. The normalized spacial score (nSPS) is 12.7. The van der Waals surface area contributed by atoms with E-state index in [-0.39, 0.29) is 11.9 Å². The Morgan fingerprint density at radius 3 is 2.84 bits per heavy atom. The largest absolute Gasteiger partial charge is 0.342 e. The minimum Gasteiger partial charge on any atom is -0.342 e. The molecule has 3 aromatic rings. The number of hydrogen-bond acceptors (Lipinski definition) is 3. The van der Waals surface area contributed by atoms with Crippen molar-refractivity contribution in [3.05, 3.63) is 45.6 Å². The summed E-state index contributed by atoms with van der Waals surface area (Å²) in [7, 11) is 1.85. The maximum atomic E-state index is 12.5. The molecule has 0 saturated heterocycles. The third kappa shape index (κ3) is 2.19. The average molecular weight is 290 g/mol. The van der Waals surface area contributed by atoms with Crippen LogP contribution in [0.3, 0.4) is 0 Å². The molecule has 0 fully saturated rings. The van der Waals surface area contributed by atoms with E-state index in [9.17, 15) is 4.79 Å². The molecule has 3 heterocycles. The molecule has 1 N–H and O–H groups in total. The molecule has 3 nitrogen and oxygen atoms in total. The molecule has 1 atom stereocenters. The first kappa shape index (κ1) is 12.4. The van der Waals surface area contributed by atoms with E-state index in [1.165, 1.54) is 4.88 Å². The smallest absolute Gasteiger partial charge is 0.270 e. The molecule has 0 radical (unpaired) electrons. The highest BCUT2D eigenvalue weighted by molar-refractivity contribution is 7.16. The fourth-order valence-electron chi connectivity index (χ4n) is 2.05. The van der Waals surface area contributed by atoms with Crippen LogP contribution in [0.1, 0.15) is 28.3 Å². The number of hydrogen-bond donors (Lipinski definition) is 1. The van der Waals surface area contributed by atoms with Crippen LogP contribution >= 0.6 is 22.7 Å². The Hall–Kier alpha value is -1.59. The van der Waals surface area contributed by atoms with Crippen molar-refractivity contribution in [3.63, 3.8) is 0 Å². The fraction of sp³-hybridized carbons (Fsp3) is 0.214. The van der Waals surface area contributed by atoms with Gasteiger partial charge in [-0.1, -0.05) is 6.07 Å². The summed E-state index contributed by atoms with van der Waals surface area (Å²) in [5.41, 5.74) is 0.660. The summed E-state index contributed by atoms with van der Waals surface area (Å²) in [5, 5.41) is 5.16. The molecule has 19 heavy (non-hydrogen) atoms. The van der Waals surface area contributed by atoms with E-state index in [0.717, 1.165) is 10.2 Å². The van der Waals surface area contributed by atoms with Gasteiger partial charge in [0.2, 0.25) is 0 Å². The number of nitrogens with zero attached hydrogens (tertiary/aromatic N) is 1. The highest BCUT2D eigenvalue weighted by atomic mass is 32.1. The summed E-state index contributed by atoms with van der Waals surface area (Å²) in [6, 6.07) is 8.11. The number of carbonyl (C=O) groups excluding carboxylic acids is 1. The zero-order chi connectivity index (χ0) is 13.4. The molecule has 0 saturated carbocycles. The number of aromatic amines is 1. The second-order valence-electron chi connectivity index (χ2n) is 4.50. The first-order chi connectivity index (χ1) is 9.16. The van der Waals surface area contributed by atoms with Crippen LogP contribution in [0.25, 0.3) is 10.2 Å². The van der Waals surface area contributed by atoms with Crippen LogP contribution in [0, 0.1) is 0 Å². The van der Waals surface area contributed by atoms with Crippen molar-refractivity contribution in [2.75, 3.05) is 7.05 Å². The van der Waals surface area contributed by atoms with Crippen molar-refractivity contribution < 1.29 is 4.79 Å². The molecular weight excluding hydrogens is 276 g/mol. The Morgan fingerprint density at radius 1 is 1.32 bits per heavy atom. The number of aromatic nitrogens is 1. The maximum absolute atomic E-state index is 12.5. The first-order valence-corrected chi connectivity index (χ1v) is 7.79. The van der Waals surface area contributed by atoms with E-state index in [1.54, 1.807) is 27.6 Å². The zero-order valence-corrected chi connectivity index (χ0v) is 12.3. The zero-order valence-electron chi connectivity index (χ0n) is 10.7. The van der Waals surface area contributed by atoms with Crippen molar-refractivity contribution in [2.24, 2.45) is 0 Å². The number of H-pyrrole nitrogens is 1. The summed E-state index contributed by atoms with van der Waals surface area (Å²) in [6.45, 7) is 2.05. The predicted molar refractivity (Wildman–Crippen MR) is 81.0 cm³/mol. The molecule has 3 aromatic heterocycles. The van der Waals surface area contributed by atoms with Crippen LogP contribution in [-0.2, 0) is 0 Å². The minimum atomic E-state index is 0.0318. The molecule has 1 amide bonds. The van der Waals surface area contributed by atoms with Gasteiger partial charge in [-0.15, -0.1) is 22.7 Å². The van der Waals surface area contributed by atoms with Crippen LogP contribution in [0.4, 0.5) is 0 Å². The summed E-state index contributed by atoms with van der Waals surface area (Å²) in [5.74, 6) is 0.0318. The predicted octanol–water partition coefficient (Wildman–Crippen LogP) is 4.12. The first-order valence-electron chi connectivity index (χ1n) is 6.03. The van der Waals surface area contributed by atoms with E-state index < -0.39 is 0 Å². The van der Waals surface area contributed by atoms with Crippen molar-refractivity contribution >= 4 is 38.8 Å². The van der Waals surface area contributed by atoms with Gasteiger partial charge >= 0.3 is 0 Å². The Bertz CT molecular complexity index is 668. The minimum absolute atomic E-state index is 0.0318. The van der Waals surface area contributed by atoms with E-state index in [2.05, 4.69) is 18.0 Å². The molecule has 0 bridgehead atoms. The molecule has 5 heteroatoms. The van der Waals surface area contributed by atoms with Gasteiger partial charge in [0.25, 0.3) is 5.91 Å². The summed E-state index contributed by atoms with van der Waals surface area (Å²) >= 11 is 3.30. The van der Waals surface area contributed by atoms with Crippen LogP contribution in [0.15, 0.2) is 35.0 Å². The van der Waals surface area contributed by atoms with Gasteiger partial charge in [-0.3, -0.25) is 4.79 Å². The Kier molecular flexibility index (Phi) is 3.16. The monoisotopic (exact) mass is 290 g/mol. The highest BCUT2D eigenvalue weighted by Crippen LogP contribution is 2.26. The molecule has 0 aromatic carbocycles. The maximum Gasteiger partial charge on any atom is 0.270 e. The number of thiophene rings is 2. The van der Waals surface area contributed by atoms with Crippen LogP contribution in [-0.4, -0.2) is 22.8 Å². The summed E-state index contributed by atoms with van der Waals surface area (Å²) in [4.78, 5) is 19.7. The fourth-order valence-corrected chi connectivity index (χ4v) is 3.66. The molecule has 0 unspecified atom stereocenters. The molecule has 0 aliphatic heterocycles. The Labute approximate surface area is 119 Å². The van der Waals surface area contributed by atoms with Gasteiger partial charge in [-0.2, -0.15) is 0 Å². The van der Waals surface area contributed by atoms with Crippen LogP contribution in [0.5, 0.6) is 0 Å². The van der Waals surface area contributed by atoms with Gasteiger partial charge in [0.1, 0.15) is 10.5 Å². The van der Waals surface area contributed by atoms with Gasteiger partial charge in [0.15, 0.2) is 0 Å². The van der Waals surface area contributed by atoms with Crippen molar-refractivity contribution in [1.29, 1.82) is 0 Å². The van der Waals surface area contributed by atoms with Gasteiger partial charge < -0.3 is 9.88 Å². The molecule has 0 aliphatic carbocycles. The quantitative estimate of drug-likeness (QED) is 0.773. The van der Waals surface area contributed by atoms with Crippen LogP contribution in [0.2, 0.25) is 0 Å². The number of fused-ring (bicyclic) bond motifs is 1. The Morgan fingerprint density at radius 2 is 2.16 bits per heavy atom. The van der Waals surface area contributed by atoms with Gasteiger partial charge in [0.05, 0.1) is 6.04 Å². The van der Waals surface area contributed by atoms with Gasteiger partial charge in [-0.25, -0.2) is 0 Å². The number of carbonyl (C=O) groups is 1. The summed E-state index contributed by atoms with van der Waals surface area (Å²) < 4.78 is 0. The Balaban J connectivity index is 1.85. The van der Waals surface area contributed by atoms with Gasteiger partial charge in [-0.05, 0) is 35.9 Å². The molecule has 3 rings (SSSR count). The average Bonchev–Trinajstić information content (AvgIpc) is 3.10.